The summed E-state index contributed by atoms with van der Waals surface area (Å²) in [6.07, 6.45) is -1.75. The molecule has 1 aliphatic heterocycles. The standard InChI is InChI=1S/C13H16N2O3/c14-5-9-2-1-3-10(4-9)6-15-7-12(17)13(18)11(15)8-16/h1-4,11-13,16-18H,6-8H2/t11-,12+,13-/m1/s1. The van der Waals surface area contributed by atoms with E-state index in [1.54, 1.807) is 18.2 Å². The lowest BCUT2D eigenvalue weighted by atomic mass is 10.1. The fourth-order valence-electron chi connectivity index (χ4n) is 2.34. The maximum Gasteiger partial charge on any atom is 0.0991 e. The van der Waals surface area contributed by atoms with E-state index in [9.17, 15) is 15.3 Å². The second-order valence-electron chi connectivity index (χ2n) is 4.55. The maximum atomic E-state index is 9.70. The monoisotopic (exact) mass is 248 g/mol. The molecule has 1 fully saturated rings. The smallest absolute Gasteiger partial charge is 0.0991 e. The largest absolute Gasteiger partial charge is 0.395 e. The quantitative estimate of drug-likeness (QED) is 0.668. The summed E-state index contributed by atoms with van der Waals surface area (Å²) in [6.45, 7) is 0.619. The Morgan fingerprint density at radius 2 is 2.17 bits per heavy atom. The van der Waals surface area contributed by atoms with Crippen molar-refractivity contribution < 1.29 is 15.3 Å². The maximum absolute atomic E-state index is 9.70. The zero-order chi connectivity index (χ0) is 13.1. The number of nitriles is 1. The van der Waals surface area contributed by atoms with Crippen LogP contribution < -0.4 is 0 Å². The summed E-state index contributed by atoms with van der Waals surface area (Å²) in [5.41, 5.74) is 1.50. The average Bonchev–Trinajstić information content (AvgIpc) is 2.64. The highest BCUT2D eigenvalue weighted by molar-refractivity contribution is 5.32. The Labute approximate surface area is 106 Å². The van der Waals surface area contributed by atoms with Crippen LogP contribution in [0.4, 0.5) is 0 Å². The lowest BCUT2D eigenvalue weighted by Gasteiger charge is -2.23. The highest BCUT2D eigenvalue weighted by Crippen LogP contribution is 2.21. The number of aliphatic hydroxyl groups is 3. The lowest BCUT2D eigenvalue weighted by Crippen LogP contribution is -2.38. The zero-order valence-corrected chi connectivity index (χ0v) is 9.90. The van der Waals surface area contributed by atoms with Gasteiger partial charge < -0.3 is 15.3 Å². The first-order valence-corrected chi connectivity index (χ1v) is 5.85. The third-order valence-corrected chi connectivity index (χ3v) is 3.31. The molecule has 1 aliphatic rings. The minimum atomic E-state index is -0.922. The Kier molecular flexibility index (Phi) is 3.94. The van der Waals surface area contributed by atoms with Crippen molar-refractivity contribution in [1.29, 1.82) is 5.26 Å². The Bertz CT molecular complexity index is 458. The van der Waals surface area contributed by atoms with Crippen LogP contribution in [-0.2, 0) is 6.54 Å². The van der Waals surface area contributed by atoms with Gasteiger partial charge in [0.25, 0.3) is 0 Å². The molecule has 0 aromatic heterocycles. The van der Waals surface area contributed by atoms with Crippen LogP contribution in [0.15, 0.2) is 24.3 Å². The van der Waals surface area contributed by atoms with Crippen molar-refractivity contribution >= 4 is 0 Å². The van der Waals surface area contributed by atoms with E-state index >= 15 is 0 Å². The second-order valence-corrected chi connectivity index (χ2v) is 4.55. The molecule has 0 bridgehead atoms. The molecule has 5 heteroatoms. The van der Waals surface area contributed by atoms with Gasteiger partial charge in [0.2, 0.25) is 0 Å². The average molecular weight is 248 g/mol. The molecular formula is C13H16N2O3. The summed E-state index contributed by atoms with van der Waals surface area (Å²) >= 11 is 0. The van der Waals surface area contributed by atoms with Gasteiger partial charge in [0, 0.05) is 13.1 Å². The van der Waals surface area contributed by atoms with Crippen molar-refractivity contribution in [2.75, 3.05) is 13.2 Å². The molecule has 3 atom stereocenters. The summed E-state index contributed by atoms with van der Waals surface area (Å²) in [7, 11) is 0. The fraction of sp³-hybridized carbons (Fsp3) is 0.462. The second kappa shape index (κ2) is 5.46. The molecule has 0 radical (unpaired) electrons. The minimum absolute atomic E-state index is 0.198. The van der Waals surface area contributed by atoms with Gasteiger partial charge >= 0.3 is 0 Å². The van der Waals surface area contributed by atoms with Crippen molar-refractivity contribution in [3.05, 3.63) is 35.4 Å². The molecule has 1 aromatic carbocycles. The van der Waals surface area contributed by atoms with E-state index in [0.29, 0.717) is 18.7 Å². The van der Waals surface area contributed by atoms with Crippen molar-refractivity contribution in [1.82, 2.24) is 4.90 Å². The highest BCUT2D eigenvalue weighted by atomic mass is 16.3. The van der Waals surface area contributed by atoms with E-state index in [4.69, 9.17) is 5.26 Å². The normalized spacial score (nSPS) is 28.2. The van der Waals surface area contributed by atoms with Crippen LogP contribution in [0.1, 0.15) is 11.1 Å². The molecule has 2 rings (SSSR count). The molecule has 1 saturated heterocycles. The SMILES string of the molecule is N#Cc1cccc(CN2C[C@H](O)[C@H](O)[C@H]2CO)c1. The van der Waals surface area contributed by atoms with Crippen LogP contribution in [-0.4, -0.2) is 51.6 Å². The molecular weight excluding hydrogens is 232 g/mol. The van der Waals surface area contributed by atoms with Crippen molar-refractivity contribution in [3.8, 4) is 6.07 Å². The van der Waals surface area contributed by atoms with Crippen LogP contribution in [0.3, 0.4) is 0 Å². The van der Waals surface area contributed by atoms with E-state index in [-0.39, 0.29) is 6.61 Å². The lowest BCUT2D eigenvalue weighted by molar-refractivity contribution is 0.0210. The van der Waals surface area contributed by atoms with Crippen LogP contribution in [0.25, 0.3) is 0 Å². The van der Waals surface area contributed by atoms with Gasteiger partial charge in [0.05, 0.1) is 36.5 Å². The fourth-order valence-corrected chi connectivity index (χ4v) is 2.34. The number of rotatable bonds is 3. The van der Waals surface area contributed by atoms with Crippen molar-refractivity contribution in [2.24, 2.45) is 0 Å². The first-order valence-electron chi connectivity index (χ1n) is 5.85. The van der Waals surface area contributed by atoms with Gasteiger partial charge in [0.15, 0.2) is 0 Å². The third kappa shape index (κ3) is 2.52. The predicted molar refractivity (Wildman–Crippen MR) is 64.5 cm³/mol. The Morgan fingerprint density at radius 1 is 1.39 bits per heavy atom. The van der Waals surface area contributed by atoms with Crippen molar-refractivity contribution in [2.45, 2.75) is 24.8 Å². The number of hydrogen-bond donors (Lipinski definition) is 3. The summed E-state index contributed by atoms with van der Waals surface area (Å²) in [4.78, 5) is 1.83. The number of hydrogen-bond acceptors (Lipinski definition) is 5. The van der Waals surface area contributed by atoms with Crippen LogP contribution in [0.5, 0.6) is 0 Å². The van der Waals surface area contributed by atoms with E-state index in [1.165, 1.54) is 0 Å². The van der Waals surface area contributed by atoms with Gasteiger partial charge in [0.1, 0.15) is 0 Å². The van der Waals surface area contributed by atoms with E-state index in [0.717, 1.165) is 5.56 Å². The molecule has 96 valence electrons. The summed E-state index contributed by atoms with van der Waals surface area (Å²) in [5.74, 6) is 0. The van der Waals surface area contributed by atoms with Gasteiger partial charge in [-0.3, -0.25) is 4.90 Å². The van der Waals surface area contributed by atoms with E-state index < -0.39 is 18.2 Å². The third-order valence-electron chi connectivity index (χ3n) is 3.31. The molecule has 5 nitrogen and oxygen atoms in total. The molecule has 1 aromatic rings. The number of nitrogens with zero attached hydrogens (tertiary/aromatic N) is 2. The number of likely N-dealkylation sites (tertiary alicyclic amines) is 1. The highest BCUT2D eigenvalue weighted by Gasteiger charge is 2.39. The number of β-amino-alcohol motifs (C(OH)–C–C–N with tert-alkyl or cyclic N) is 1. The topological polar surface area (TPSA) is 87.7 Å². The molecule has 0 amide bonds. The first kappa shape index (κ1) is 13.0. The van der Waals surface area contributed by atoms with Gasteiger partial charge in [-0.15, -0.1) is 0 Å². The van der Waals surface area contributed by atoms with Crippen LogP contribution in [0.2, 0.25) is 0 Å². The molecule has 0 spiro atoms. The van der Waals surface area contributed by atoms with Crippen molar-refractivity contribution in [3.63, 3.8) is 0 Å². The predicted octanol–water partition coefficient (Wildman–Crippen LogP) is -0.543. The minimum Gasteiger partial charge on any atom is -0.395 e. The van der Waals surface area contributed by atoms with E-state index in [2.05, 4.69) is 6.07 Å². The molecule has 3 N–H and O–H groups in total. The van der Waals surface area contributed by atoms with Gasteiger partial charge in [-0.25, -0.2) is 0 Å². The van der Waals surface area contributed by atoms with Crippen LogP contribution in [0, 0.1) is 11.3 Å². The summed E-state index contributed by atoms with van der Waals surface area (Å²) < 4.78 is 0. The number of aliphatic hydroxyl groups excluding tert-OH is 3. The zero-order valence-electron chi connectivity index (χ0n) is 9.90. The van der Waals surface area contributed by atoms with Gasteiger partial charge in [-0.2, -0.15) is 5.26 Å². The molecule has 1 heterocycles. The van der Waals surface area contributed by atoms with Gasteiger partial charge in [-0.05, 0) is 17.7 Å². The Hall–Kier alpha value is -1.45. The summed E-state index contributed by atoms with van der Waals surface area (Å²) in [5, 5.41) is 37.4. The van der Waals surface area contributed by atoms with Crippen LogP contribution >= 0.6 is 0 Å². The Balaban J connectivity index is 2.11. The summed E-state index contributed by atoms with van der Waals surface area (Å²) in [6, 6.07) is 8.79. The molecule has 0 aliphatic carbocycles. The Morgan fingerprint density at radius 3 is 2.83 bits per heavy atom. The van der Waals surface area contributed by atoms with Gasteiger partial charge in [-0.1, -0.05) is 12.1 Å². The first-order chi connectivity index (χ1) is 8.65. The number of benzene rings is 1. The molecule has 18 heavy (non-hydrogen) atoms. The molecule has 0 saturated carbocycles. The molecule has 0 unspecified atom stereocenters. The van der Waals surface area contributed by atoms with E-state index in [1.807, 2.05) is 11.0 Å².